The summed E-state index contributed by atoms with van der Waals surface area (Å²) in [6, 6.07) is -0.439. The molecule has 110 valence electrons. The van der Waals surface area contributed by atoms with E-state index < -0.39 is 6.04 Å². The van der Waals surface area contributed by atoms with E-state index in [1.54, 1.807) is 0 Å². The molecule has 0 aromatic heterocycles. The molecule has 0 radical (unpaired) electrons. The SMILES string of the molecule is CCCC[C@H](N)C(=O)OC1CC2CCC1(C)C2(C)C. The van der Waals surface area contributed by atoms with Gasteiger partial charge in [-0.25, -0.2) is 0 Å². The lowest BCUT2D eigenvalue weighted by Crippen LogP contribution is -2.42. The largest absolute Gasteiger partial charge is 0.461 e. The van der Waals surface area contributed by atoms with Crippen LogP contribution in [0, 0.1) is 16.7 Å². The number of unbranched alkanes of at least 4 members (excludes halogenated alkanes) is 1. The second kappa shape index (κ2) is 5.08. The molecular weight excluding hydrogens is 238 g/mol. The number of ether oxygens (including phenoxy) is 1. The fraction of sp³-hybridized carbons (Fsp3) is 0.938. The fourth-order valence-electron chi connectivity index (χ4n) is 4.08. The maximum Gasteiger partial charge on any atom is 0.323 e. The number of carbonyl (C=O) groups is 1. The highest BCUT2D eigenvalue weighted by atomic mass is 16.5. The molecule has 0 spiro atoms. The van der Waals surface area contributed by atoms with Gasteiger partial charge in [-0.05, 0) is 37.0 Å². The van der Waals surface area contributed by atoms with E-state index >= 15 is 0 Å². The summed E-state index contributed by atoms with van der Waals surface area (Å²) in [6.45, 7) is 9.05. The molecule has 2 aliphatic carbocycles. The predicted molar refractivity (Wildman–Crippen MR) is 76.6 cm³/mol. The van der Waals surface area contributed by atoms with Crippen molar-refractivity contribution in [2.75, 3.05) is 0 Å². The van der Waals surface area contributed by atoms with E-state index in [1.165, 1.54) is 12.8 Å². The molecule has 3 heteroatoms. The number of carbonyl (C=O) groups excluding carboxylic acids is 1. The average molecular weight is 267 g/mol. The van der Waals surface area contributed by atoms with Crippen molar-refractivity contribution in [2.45, 2.75) is 78.4 Å². The summed E-state index contributed by atoms with van der Waals surface area (Å²) in [7, 11) is 0. The Morgan fingerprint density at radius 1 is 1.42 bits per heavy atom. The van der Waals surface area contributed by atoms with Gasteiger partial charge in [0, 0.05) is 5.41 Å². The first-order valence-electron chi connectivity index (χ1n) is 7.79. The molecule has 4 atom stereocenters. The summed E-state index contributed by atoms with van der Waals surface area (Å²) >= 11 is 0. The van der Waals surface area contributed by atoms with Crippen molar-refractivity contribution in [3.05, 3.63) is 0 Å². The number of hydrogen-bond donors (Lipinski definition) is 1. The number of esters is 1. The number of hydrogen-bond acceptors (Lipinski definition) is 3. The van der Waals surface area contributed by atoms with Gasteiger partial charge in [-0.2, -0.15) is 0 Å². The van der Waals surface area contributed by atoms with Gasteiger partial charge in [-0.15, -0.1) is 0 Å². The van der Waals surface area contributed by atoms with Crippen LogP contribution in [0.2, 0.25) is 0 Å². The molecule has 0 aliphatic heterocycles. The third kappa shape index (κ3) is 2.31. The van der Waals surface area contributed by atoms with Crippen LogP contribution in [-0.2, 0) is 9.53 Å². The maximum atomic E-state index is 12.1. The number of nitrogens with two attached hydrogens (primary N) is 1. The van der Waals surface area contributed by atoms with Crippen molar-refractivity contribution < 1.29 is 9.53 Å². The topological polar surface area (TPSA) is 52.3 Å². The van der Waals surface area contributed by atoms with E-state index in [-0.39, 0.29) is 22.9 Å². The molecule has 0 aromatic carbocycles. The lowest BCUT2D eigenvalue weighted by molar-refractivity contribution is -0.158. The molecular formula is C16H29NO2. The van der Waals surface area contributed by atoms with Crippen molar-refractivity contribution in [1.82, 2.24) is 0 Å². The smallest absolute Gasteiger partial charge is 0.323 e. The Bertz CT molecular complexity index is 353. The minimum absolute atomic E-state index is 0.0708. The van der Waals surface area contributed by atoms with Crippen LogP contribution in [0.25, 0.3) is 0 Å². The summed E-state index contributed by atoms with van der Waals surface area (Å²) in [5.74, 6) is 0.505. The van der Waals surface area contributed by atoms with E-state index in [2.05, 4.69) is 27.7 Å². The van der Waals surface area contributed by atoms with Gasteiger partial charge in [0.15, 0.2) is 0 Å². The molecule has 3 nitrogen and oxygen atoms in total. The van der Waals surface area contributed by atoms with E-state index in [1.807, 2.05) is 0 Å². The molecule has 2 aliphatic rings. The van der Waals surface area contributed by atoms with Crippen molar-refractivity contribution in [2.24, 2.45) is 22.5 Å². The minimum atomic E-state index is -0.439. The molecule has 0 heterocycles. The zero-order valence-electron chi connectivity index (χ0n) is 12.9. The normalized spacial score (nSPS) is 37.3. The summed E-state index contributed by atoms with van der Waals surface area (Å²) in [4.78, 5) is 12.1. The van der Waals surface area contributed by atoms with Gasteiger partial charge in [0.1, 0.15) is 12.1 Å². The highest BCUT2D eigenvalue weighted by Crippen LogP contribution is 2.66. The molecule has 0 amide bonds. The Morgan fingerprint density at radius 3 is 2.58 bits per heavy atom. The van der Waals surface area contributed by atoms with E-state index in [9.17, 15) is 4.79 Å². The molecule has 2 bridgehead atoms. The van der Waals surface area contributed by atoms with Gasteiger partial charge in [0.2, 0.25) is 0 Å². The van der Waals surface area contributed by atoms with Gasteiger partial charge in [0.25, 0.3) is 0 Å². The highest BCUT2D eigenvalue weighted by molar-refractivity contribution is 5.75. The van der Waals surface area contributed by atoms with Gasteiger partial charge >= 0.3 is 5.97 Å². The van der Waals surface area contributed by atoms with Crippen LogP contribution in [0.4, 0.5) is 0 Å². The summed E-state index contributed by atoms with van der Waals surface area (Å²) in [6.07, 6.45) is 6.35. The standard InChI is InChI=1S/C16H29NO2/c1-5-6-7-12(17)14(18)19-13-10-11-8-9-16(13,4)15(11,2)3/h11-13H,5-10,17H2,1-4H3/t11?,12-,13?,16?/m0/s1. The Balaban J connectivity index is 1.96. The summed E-state index contributed by atoms with van der Waals surface area (Å²) in [5, 5.41) is 0. The van der Waals surface area contributed by atoms with E-state index in [0.717, 1.165) is 25.7 Å². The molecule has 2 fully saturated rings. The lowest BCUT2D eigenvalue weighted by Gasteiger charge is -2.38. The van der Waals surface area contributed by atoms with Crippen molar-refractivity contribution in [3.8, 4) is 0 Å². The van der Waals surface area contributed by atoms with Crippen LogP contribution >= 0.6 is 0 Å². The Morgan fingerprint density at radius 2 is 2.11 bits per heavy atom. The zero-order valence-corrected chi connectivity index (χ0v) is 12.9. The van der Waals surface area contributed by atoms with Gasteiger partial charge < -0.3 is 10.5 Å². The minimum Gasteiger partial charge on any atom is -0.461 e. The summed E-state index contributed by atoms with van der Waals surface area (Å²) in [5.41, 5.74) is 6.34. The molecule has 2 saturated carbocycles. The first-order chi connectivity index (χ1) is 8.83. The first-order valence-corrected chi connectivity index (χ1v) is 7.79. The van der Waals surface area contributed by atoms with Crippen LogP contribution in [0.3, 0.4) is 0 Å². The molecule has 0 aromatic rings. The fourth-order valence-corrected chi connectivity index (χ4v) is 4.08. The van der Waals surface area contributed by atoms with Crippen LogP contribution in [0.5, 0.6) is 0 Å². The molecule has 2 N–H and O–H groups in total. The van der Waals surface area contributed by atoms with Crippen LogP contribution in [0.1, 0.15) is 66.2 Å². The quantitative estimate of drug-likeness (QED) is 0.778. The highest BCUT2D eigenvalue weighted by Gasteiger charge is 2.62. The van der Waals surface area contributed by atoms with Gasteiger partial charge in [-0.3, -0.25) is 4.79 Å². The third-order valence-electron chi connectivity index (χ3n) is 6.14. The molecule has 0 saturated heterocycles. The van der Waals surface area contributed by atoms with E-state index in [4.69, 9.17) is 10.5 Å². The van der Waals surface area contributed by atoms with Crippen LogP contribution in [-0.4, -0.2) is 18.1 Å². The first kappa shape index (κ1) is 14.8. The van der Waals surface area contributed by atoms with Crippen molar-refractivity contribution in [3.63, 3.8) is 0 Å². The van der Waals surface area contributed by atoms with E-state index in [0.29, 0.717) is 5.92 Å². The Labute approximate surface area is 117 Å². The summed E-state index contributed by atoms with van der Waals surface area (Å²) < 4.78 is 5.78. The Kier molecular flexibility index (Phi) is 3.97. The second-order valence-electron chi connectivity index (χ2n) is 7.28. The molecule has 19 heavy (non-hydrogen) atoms. The second-order valence-corrected chi connectivity index (χ2v) is 7.28. The number of fused-ring (bicyclic) bond motifs is 2. The van der Waals surface area contributed by atoms with Crippen LogP contribution in [0.15, 0.2) is 0 Å². The lowest BCUT2D eigenvalue weighted by atomic mass is 9.70. The van der Waals surface area contributed by atoms with Crippen molar-refractivity contribution in [1.29, 1.82) is 0 Å². The zero-order chi connectivity index (χ0) is 14.3. The predicted octanol–water partition coefficient (Wildman–Crippen LogP) is 3.26. The van der Waals surface area contributed by atoms with Crippen LogP contribution < -0.4 is 5.73 Å². The van der Waals surface area contributed by atoms with Gasteiger partial charge in [0.05, 0.1) is 0 Å². The third-order valence-corrected chi connectivity index (χ3v) is 6.14. The average Bonchev–Trinajstić information content (AvgIpc) is 2.68. The van der Waals surface area contributed by atoms with Crippen molar-refractivity contribution >= 4 is 5.97 Å². The maximum absolute atomic E-state index is 12.1. The monoisotopic (exact) mass is 267 g/mol. The molecule has 2 rings (SSSR count). The molecule has 3 unspecified atom stereocenters. The number of rotatable bonds is 5. The Hall–Kier alpha value is -0.570. The van der Waals surface area contributed by atoms with Gasteiger partial charge in [-0.1, -0.05) is 40.5 Å².